The monoisotopic (exact) mass is 323 g/mol. The molecule has 0 radical (unpaired) electrons. The van der Waals surface area contributed by atoms with Crippen LogP contribution >= 0.6 is 11.6 Å². The zero-order valence-electron chi connectivity index (χ0n) is 13.3. The third-order valence-electron chi connectivity index (χ3n) is 3.78. The Labute approximate surface area is 136 Å². The number of hydrogen-bond donors (Lipinski definition) is 0. The van der Waals surface area contributed by atoms with E-state index >= 15 is 0 Å². The van der Waals surface area contributed by atoms with Crippen molar-refractivity contribution in [3.63, 3.8) is 0 Å². The molecule has 1 saturated heterocycles. The fourth-order valence-corrected chi connectivity index (χ4v) is 2.44. The van der Waals surface area contributed by atoms with Gasteiger partial charge in [-0.05, 0) is 57.9 Å². The molecular formula is C17H22ClNO3. The summed E-state index contributed by atoms with van der Waals surface area (Å²) in [5.74, 6) is -0.126. The first kappa shape index (κ1) is 17.0. The summed E-state index contributed by atoms with van der Waals surface area (Å²) in [5, 5.41) is 2.29. The first-order valence-corrected chi connectivity index (χ1v) is 7.92. The molecule has 0 saturated carbocycles. The second kappa shape index (κ2) is 6.80. The van der Waals surface area contributed by atoms with Gasteiger partial charge in [0.2, 0.25) is 0 Å². The fraction of sp³-hybridized carbons (Fsp3) is 0.529. The molecule has 1 heterocycles. The van der Waals surface area contributed by atoms with E-state index in [1.807, 2.05) is 20.8 Å². The average Bonchev–Trinajstić information content (AvgIpc) is 2.47. The van der Waals surface area contributed by atoms with Crippen molar-refractivity contribution in [1.82, 2.24) is 5.06 Å². The Kier molecular flexibility index (Phi) is 5.24. The van der Waals surface area contributed by atoms with E-state index in [0.717, 1.165) is 0 Å². The quantitative estimate of drug-likeness (QED) is 0.795. The third-order valence-corrected chi connectivity index (χ3v) is 4.03. The highest BCUT2D eigenvalue weighted by atomic mass is 35.5. The highest BCUT2D eigenvalue weighted by Crippen LogP contribution is 2.24. The smallest absolute Gasteiger partial charge is 0.330 e. The SMILES string of the molecule is CC(C)(C)C(=O)ON1CCC(C(=O)c2ccc(Cl)cc2)CC1. The Bertz CT molecular complexity index is 540. The van der Waals surface area contributed by atoms with Crippen LogP contribution in [0, 0.1) is 11.3 Å². The number of piperidine rings is 1. The predicted octanol–water partition coefficient (Wildman–Crippen LogP) is 3.74. The van der Waals surface area contributed by atoms with E-state index in [4.69, 9.17) is 16.4 Å². The molecule has 0 amide bonds. The Morgan fingerprint density at radius 1 is 1.14 bits per heavy atom. The molecular weight excluding hydrogens is 302 g/mol. The molecule has 0 spiro atoms. The van der Waals surface area contributed by atoms with Gasteiger partial charge in [-0.1, -0.05) is 11.6 Å². The number of carbonyl (C=O) groups excluding carboxylic acids is 2. The lowest BCUT2D eigenvalue weighted by Gasteiger charge is -2.31. The van der Waals surface area contributed by atoms with Crippen LogP contribution < -0.4 is 0 Å². The van der Waals surface area contributed by atoms with Gasteiger partial charge in [-0.15, -0.1) is 5.06 Å². The van der Waals surface area contributed by atoms with Gasteiger partial charge in [-0.3, -0.25) is 4.79 Å². The topological polar surface area (TPSA) is 46.6 Å². The molecule has 120 valence electrons. The molecule has 0 aromatic heterocycles. The maximum atomic E-state index is 12.4. The van der Waals surface area contributed by atoms with Crippen molar-refractivity contribution in [1.29, 1.82) is 0 Å². The van der Waals surface area contributed by atoms with Gasteiger partial charge in [0.15, 0.2) is 5.78 Å². The molecule has 0 N–H and O–H groups in total. The second-order valence-corrected chi connectivity index (χ2v) is 7.14. The summed E-state index contributed by atoms with van der Waals surface area (Å²) in [6.07, 6.45) is 1.39. The number of nitrogens with zero attached hydrogens (tertiary/aromatic N) is 1. The molecule has 1 aromatic carbocycles. The predicted molar refractivity (Wildman–Crippen MR) is 85.6 cm³/mol. The van der Waals surface area contributed by atoms with Gasteiger partial charge in [-0.25, -0.2) is 4.79 Å². The molecule has 0 atom stereocenters. The first-order valence-electron chi connectivity index (χ1n) is 7.54. The maximum absolute atomic E-state index is 12.4. The Morgan fingerprint density at radius 3 is 2.18 bits per heavy atom. The molecule has 1 aliphatic rings. The van der Waals surface area contributed by atoms with Gasteiger partial charge in [-0.2, -0.15) is 0 Å². The van der Waals surface area contributed by atoms with E-state index in [1.54, 1.807) is 29.3 Å². The highest BCUT2D eigenvalue weighted by Gasteiger charge is 2.30. The van der Waals surface area contributed by atoms with Crippen molar-refractivity contribution < 1.29 is 14.4 Å². The molecule has 1 aromatic rings. The standard InChI is InChI=1S/C17H22ClNO3/c1-17(2,3)16(21)22-19-10-8-13(9-11-19)15(20)12-4-6-14(18)7-5-12/h4-7,13H,8-11H2,1-3H3. The van der Waals surface area contributed by atoms with Gasteiger partial charge in [0, 0.05) is 29.6 Å². The fourth-order valence-electron chi connectivity index (χ4n) is 2.31. The molecule has 0 aliphatic carbocycles. The zero-order chi connectivity index (χ0) is 16.3. The summed E-state index contributed by atoms with van der Waals surface area (Å²) < 4.78 is 0. The summed E-state index contributed by atoms with van der Waals surface area (Å²) in [7, 11) is 0. The number of halogens is 1. The lowest BCUT2D eigenvalue weighted by atomic mass is 9.89. The van der Waals surface area contributed by atoms with Gasteiger partial charge >= 0.3 is 5.97 Å². The van der Waals surface area contributed by atoms with Gasteiger partial charge in [0.1, 0.15) is 0 Å². The van der Waals surface area contributed by atoms with Crippen LogP contribution in [0.25, 0.3) is 0 Å². The van der Waals surface area contributed by atoms with Crippen molar-refractivity contribution in [3.05, 3.63) is 34.9 Å². The normalized spacial score (nSPS) is 17.3. The molecule has 5 heteroatoms. The van der Waals surface area contributed by atoms with Crippen LogP contribution in [0.15, 0.2) is 24.3 Å². The number of benzene rings is 1. The van der Waals surface area contributed by atoms with Gasteiger partial charge in [0.25, 0.3) is 0 Å². The zero-order valence-corrected chi connectivity index (χ0v) is 14.0. The van der Waals surface area contributed by atoms with Crippen LogP contribution in [0.2, 0.25) is 5.02 Å². The minimum Gasteiger partial charge on any atom is -0.367 e. The molecule has 4 nitrogen and oxygen atoms in total. The molecule has 22 heavy (non-hydrogen) atoms. The van der Waals surface area contributed by atoms with E-state index in [0.29, 0.717) is 36.5 Å². The minimum absolute atomic E-state index is 0.0224. The van der Waals surface area contributed by atoms with E-state index in [-0.39, 0.29) is 17.7 Å². The van der Waals surface area contributed by atoms with Gasteiger partial charge < -0.3 is 4.84 Å². The van der Waals surface area contributed by atoms with E-state index in [1.165, 1.54) is 0 Å². The summed E-state index contributed by atoms with van der Waals surface area (Å²) in [6.45, 7) is 6.65. The third kappa shape index (κ3) is 4.31. The van der Waals surface area contributed by atoms with Crippen LogP contribution in [0.3, 0.4) is 0 Å². The lowest BCUT2D eigenvalue weighted by Crippen LogP contribution is -2.40. The first-order chi connectivity index (χ1) is 10.3. The minimum atomic E-state index is -0.518. The summed E-state index contributed by atoms with van der Waals surface area (Å²) >= 11 is 5.84. The van der Waals surface area contributed by atoms with E-state index in [2.05, 4.69) is 0 Å². The number of carbonyl (C=O) groups is 2. The summed E-state index contributed by atoms with van der Waals surface area (Å²) in [5.41, 5.74) is 0.172. The lowest BCUT2D eigenvalue weighted by molar-refractivity contribution is -0.205. The Balaban J connectivity index is 1.88. The summed E-state index contributed by atoms with van der Waals surface area (Å²) in [4.78, 5) is 29.7. The van der Waals surface area contributed by atoms with Crippen LogP contribution in [0.4, 0.5) is 0 Å². The second-order valence-electron chi connectivity index (χ2n) is 6.70. The number of hydrogen-bond acceptors (Lipinski definition) is 4. The Morgan fingerprint density at radius 2 is 1.68 bits per heavy atom. The maximum Gasteiger partial charge on any atom is 0.330 e. The van der Waals surface area contributed by atoms with Crippen molar-refractivity contribution >= 4 is 23.4 Å². The largest absolute Gasteiger partial charge is 0.367 e. The summed E-state index contributed by atoms with van der Waals surface area (Å²) in [6, 6.07) is 6.98. The average molecular weight is 324 g/mol. The van der Waals surface area contributed by atoms with Crippen LogP contribution in [-0.2, 0) is 9.63 Å². The molecule has 0 bridgehead atoms. The van der Waals surface area contributed by atoms with Crippen molar-refractivity contribution in [2.75, 3.05) is 13.1 Å². The highest BCUT2D eigenvalue weighted by molar-refractivity contribution is 6.30. The van der Waals surface area contributed by atoms with Crippen LogP contribution in [0.1, 0.15) is 44.0 Å². The van der Waals surface area contributed by atoms with Crippen molar-refractivity contribution in [2.24, 2.45) is 11.3 Å². The molecule has 2 rings (SSSR count). The number of hydroxylamine groups is 2. The molecule has 1 fully saturated rings. The Hall–Kier alpha value is -1.39. The van der Waals surface area contributed by atoms with Crippen LogP contribution in [-0.4, -0.2) is 29.9 Å². The van der Waals surface area contributed by atoms with Crippen LogP contribution in [0.5, 0.6) is 0 Å². The van der Waals surface area contributed by atoms with Gasteiger partial charge in [0.05, 0.1) is 5.41 Å². The molecule has 0 unspecified atom stereocenters. The van der Waals surface area contributed by atoms with Crippen molar-refractivity contribution in [2.45, 2.75) is 33.6 Å². The number of ketones is 1. The van der Waals surface area contributed by atoms with E-state index in [9.17, 15) is 9.59 Å². The molecule has 1 aliphatic heterocycles. The van der Waals surface area contributed by atoms with Crippen molar-refractivity contribution in [3.8, 4) is 0 Å². The van der Waals surface area contributed by atoms with E-state index < -0.39 is 5.41 Å². The number of Topliss-reactive ketones (excluding diaryl/α,β-unsaturated/α-hetero) is 1. The number of rotatable bonds is 3.